The third kappa shape index (κ3) is 5.20. The molecule has 1 heterocycles. The molecule has 0 aromatic heterocycles. The number of nitrogens with zero attached hydrogens (tertiary/aromatic N) is 1. The molecule has 0 aliphatic carbocycles. The van der Waals surface area contributed by atoms with E-state index in [1.54, 1.807) is 31.7 Å². The molecular formula is C16H22N2O5S2. The van der Waals surface area contributed by atoms with Gasteiger partial charge in [-0.25, -0.2) is 13.1 Å². The monoisotopic (exact) mass is 386 g/mol. The van der Waals surface area contributed by atoms with E-state index in [0.717, 1.165) is 5.75 Å². The lowest BCUT2D eigenvalue weighted by Gasteiger charge is -2.34. The molecule has 2 N–H and O–H groups in total. The van der Waals surface area contributed by atoms with Crippen LogP contribution in [0.5, 0.6) is 0 Å². The van der Waals surface area contributed by atoms with E-state index in [0.29, 0.717) is 12.3 Å². The van der Waals surface area contributed by atoms with Crippen LogP contribution >= 0.6 is 11.8 Å². The highest BCUT2D eigenvalue weighted by Gasteiger charge is 2.30. The van der Waals surface area contributed by atoms with Crippen LogP contribution in [0, 0.1) is 0 Å². The summed E-state index contributed by atoms with van der Waals surface area (Å²) in [6, 6.07) is 5.19. The number of carboxylic acids is 1. The van der Waals surface area contributed by atoms with Gasteiger partial charge in [0.2, 0.25) is 10.0 Å². The van der Waals surface area contributed by atoms with Gasteiger partial charge in [-0.1, -0.05) is 6.07 Å². The van der Waals surface area contributed by atoms with E-state index in [4.69, 9.17) is 5.11 Å². The van der Waals surface area contributed by atoms with Crippen LogP contribution in [0.1, 0.15) is 30.6 Å². The van der Waals surface area contributed by atoms with Crippen molar-refractivity contribution in [3.05, 3.63) is 29.8 Å². The molecule has 1 aromatic rings. The molecule has 1 atom stereocenters. The minimum Gasteiger partial charge on any atom is -0.481 e. The smallest absolute Gasteiger partial charge is 0.305 e. The Morgan fingerprint density at radius 2 is 2.12 bits per heavy atom. The first kappa shape index (κ1) is 19.7. The van der Waals surface area contributed by atoms with Crippen LogP contribution in [0.3, 0.4) is 0 Å². The van der Waals surface area contributed by atoms with Crippen molar-refractivity contribution in [3.63, 3.8) is 0 Å². The van der Waals surface area contributed by atoms with Crippen LogP contribution in [0.4, 0.5) is 0 Å². The predicted molar refractivity (Wildman–Crippen MR) is 96.3 cm³/mol. The molecule has 1 aliphatic heterocycles. The summed E-state index contributed by atoms with van der Waals surface area (Å²) in [6.07, 6.45) is -0.119. The van der Waals surface area contributed by atoms with Crippen molar-refractivity contribution in [2.45, 2.75) is 37.2 Å². The van der Waals surface area contributed by atoms with E-state index < -0.39 is 22.0 Å². The number of hydrogen-bond acceptors (Lipinski definition) is 5. The summed E-state index contributed by atoms with van der Waals surface area (Å²) < 4.78 is 27.1. The molecular weight excluding hydrogens is 364 g/mol. The maximum Gasteiger partial charge on any atom is 0.305 e. The first-order valence-electron chi connectivity index (χ1n) is 7.93. The van der Waals surface area contributed by atoms with Gasteiger partial charge >= 0.3 is 5.97 Å². The number of carboxylic acid groups (broad SMARTS) is 1. The number of hydrogen-bond donors (Lipinski definition) is 2. The Balaban J connectivity index is 2.27. The van der Waals surface area contributed by atoms with Gasteiger partial charge in [-0.05, 0) is 32.0 Å². The fraction of sp³-hybridized carbons (Fsp3) is 0.500. The lowest BCUT2D eigenvalue weighted by Crippen LogP contribution is -2.47. The van der Waals surface area contributed by atoms with E-state index in [1.807, 2.05) is 0 Å². The van der Waals surface area contributed by atoms with Gasteiger partial charge in [-0.15, -0.1) is 0 Å². The Hall–Kier alpha value is -1.58. The van der Waals surface area contributed by atoms with Crippen LogP contribution in [0.15, 0.2) is 29.2 Å². The zero-order chi connectivity index (χ0) is 18.6. The van der Waals surface area contributed by atoms with Gasteiger partial charge < -0.3 is 10.0 Å². The number of benzene rings is 1. The fourth-order valence-electron chi connectivity index (χ4n) is 2.63. The second-order valence-corrected chi connectivity index (χ2v) is 8.99. The maximum atomic E-state index is 12.8. The van der Waals surface area contributed by atoms with Gasteiger partial charge in [0.15, 0.2) is 0 Å². The minimum atomic E-state index is -3.70. The lowest BCUT2D eigenvalue weighted by molar-refractivity contribution is -0.138. The summed E-state index contributed by atoms with van der Waals surface area (Å²) in [7, 11) is -3.70. The average Bonchev–Trinajstić information content (AvgIpc) is 2.53. The molecule has 1 amide bonds. The summed E-state index contributed by atoms with van der Waals surface area (Å²) in [5.41, 5.74) is 0.244. The summed E-state index contributed by atoms with van der Waals surface area (Å²) in [6.45, 7) is 3.88. The van der Waals surface area contributed by atoms with E-state index in [9.17, 15) is 18.0 Å². The normalized spacial score (nSPS) is 18.4. The maximum absolute atomic E-state index is 12.8. The van der Waals surface area contributed by atoms with E-state index in [2.05, 4.69) is 4.72 Å². The van der Waals surface area contributed by atoms with Crippen LogP contribution in [-0.2, 0) is 14.8 Å². The van der Waals surface area contributed by atoms with Crippen molar-refractivity contribution in [1.29, 1.82) is 0 Å². The summed E-state index contributed by atoms with van der Waals surface area (Å²) in [5.74, 6) is -0.00410. The molecule has 0 bridgehead atoms. The Kier molecular flexibility index (Phi) is 6.47. The van der Waals surface area contributed by atoms with E-state index in [-0.39, 0.29) is 28.8 Å². The molecule has 1 aromatic carbocycles. The topological polar surface area (TPSA) is 104 Å². The molecule has 138 valence electrons. The van der Waals surface area contributed by atoms with E-state index in [1.165, 1.54) is 23.1 Å². The summed E-state index contributed by atoms with van der Waals surface area (Å²) >= 11 is 1.61. The quantitative estimate of drug-likeness (QED) is 0.766. The number of aliphatic carboxylic acids is 1. The zero-order valence-corrected chi connectivity index (χ0v) is 15.8. The van der Waals surface area contributed by atoms with Crippen LogP contribution in [0.25, 0.3) is 0 Å². The third-order valence-corrected chi connectivity index (χ3v) is 6.43. The van der Waals surface area contributed by atoms with Crippen molar-refractivity contribution in [1.82, 2.24) is 9.62 Å². The highest BCUT2D eigenvalue weighted by molar-refractivity contribution is 7.99. The van der Waals surface area contributed by atoms with Gasteiger partial charge in [0.05, 0.1) is 17.4 Å². The van der Waals surface area contributed by atoms with Crippen LogP contribution in [0.2, 0.25) is 0 Å². The molecule has 0 radical (unpaired) electrons. The Morgan fingerprint density at radius 1 is 1.40 bits per heavy atom. The van der Waals surface area contributed by atoms with Gasteiger partial charge in [-0.3, -0.25) is 9.59 Å². The van der Waals surface area contributed by atoms with Crippen molar-refractivity contribution < 1.29 is 23.1 Å². The molecule has 9 heteroatoms. The standard InChI is InChI=1S/C16H22N2O5S2/c1-11(2)17-25(22,23)14-5-3-4-12(8-14)16(21)18-6-7-24-10-13(18)9-15(19)20/h3-5,8,11,13,17H,6-7,9-10H2,1-2H3,(H,19,20). The van der Waals surface area contributed by atoms with Crippen molar-refractivity contribution in [3.8, 4) is 0 Å². The second kappa shape index (κ2) is 8.20. The number of carbonyl (C=O) groups excluding carboxylic acids is 1. The first-order chi connectivity index (χ1) is 11.7. The first-order valence-corrected chi connectivity index (χ1v) is 10.6. The van der Waals surface area contributed by atoms with Gasteiger partial charge in [0.25, 0.3) is 5.91 Å². The molecule has 2 rings (SSSR count). The van der Waals surface area contributed by atoms with Crippen molar-refractivity contribution in [2.24, 2.45) is 0 Å². The number of amides is 1. The molecule has 25 heavy (non-hydrogen) atoms. The van der Waals surface area contributed by atoms with Crippen LogP contribution in [-0.4, -0.2) is 60.4 Å². The Labute approximate surface area is 151 Å². The number of carbonyl (C=O) groups is 2. The molecule has 1 aliphatic rings. The molecule has 1 unspecified atom stereocenters. The highest BCUT2D eigenvalue weighted by Crippen LogP contribution is 2.22. The number of thioether (sulfide) groups is 1. The van der Waals surface area contributed by atoms with E-state index >= 15 is 0 Å². The zero-order valence-electron chi connectivity index (χ0n) is 14.1. The number of nitrogens with one attached hydrogen (secondary N) is 1. The fourth-order valence-corrected chi connectivity index (χ4v) is 4.99. The van der Waals surface area contributed by atoms with Crippen molar-refractivity contribution in [2.75, 3.05) is 18.1 Å². The summed E-state index contributed by atoms with van der Waals surface area (Å²) in [4.78, 5) is 25.4. The Morgan fingerprint density at radius 3 is 2.76 bits per heavy atom. The predicted octanol–water partition coefficient (Wildman–Crippen LogP) is 1.41. The van der Waals surface area contributed by atoms with Gasteiger partial charge in [0, 0.05) is 29.7 Å². The molecule has 0 saturated carbocycles. The Bertz CT molecular complexity index is 749. The molecule has 0 spiro atoms. The second-order valence-electron chi connectivity index (χ2n) is 6.13. The summed E-state index contributed by atoms with van der Waals surface area (Å²) in [5, 5.41) is 9.04. The molecule has 1 fully saturated rings. The SMILES string of the molecule is CC(C)NS(=O)(=O)c1cccc(C(=O)N2CCSCC2CC(=O)O)c1. The van der Waals surface area contributed by atoms with Gasteiger partial charge in [-0.2, -0.15) is 11.8 Å². The van der Waals surface area contributed by atoms with Crippen LogP contribution < -0.4 is 4.72 Å². The average molecular weight is 386 g/mol. The molecule has 1 saturated heterocycles. The lowest BCUT2D eigenvalue weighted by atomic mass is 10.1. The third-order valence-electron chi connectivity index (χ3n) is 3.68. The number of sulfonamides is 1. The largest absolute Gasteiger partial charge is 0.481 e. The number of rotatable bonds is 6. The van der Waals surface area contributed by atoms with Crippen molar-refractivity contribution >= 4 is 33.7 Å². The highest BCUT2D eigenvalue weighted by atomic mass is 32.2. The molecule has 7 nitrogen and oxygen atoms in total. The van der Waals surface area contributed by atoms with Gasteiger partial charge in [0.1, 0.15) is 0 Å². The minimum absolute atomic E-state index is 0.0215.